The van der Waals surface area contributed by atoms with Gasteiger partial charge in [0.05, 0.1) is 15.6 Å². The second-order valence-electron chi connectivity index (χ2n) is 6.36. The van der Waals surface area contributed by atoms with Crippen LogP contribution in [0, 0.1) is 13.8 Å². The molecular weight excluding hydrogens is 395 g/mol. The molecular formula is C18H18Cl2N2O3S. The summed E-state index contributed by atoms with van der Waals surface area (Å²) in [4.78, 5) is 12.5. The number of anilines is 1. The van der Waals surface area contributed by atoms with Crippen molar-refractivity contribution in [1.82, 2.24) is 4.72 Å². The quantitative estimate of drug-likeness (QED) is 0.768. The molecule has 8 heteroatoms. The molecule has 26 heavy (non-hydrogen) atoms. The maximum atomic E-state index is 12.7. The van der Waals surface area contributed by atoms with Crippen LogP contribution in [-0.4, -0.2) is 20.4 Å². The lowest BCUT2D eigenvalue weighted by Gasteiger charge is -2.13. The zero-order chi connectivity index (χ0) is 19.1. The van der Waals surface area contributed by atoms with Gasteiger partial charge in [0.1, 0.15) is 4.90 Å². The summed E-state index contributed by atoms with van der Waals surface area (Å²) in [6.45, 7) is 3.83. The number of amides is 1. The van der Waals surface area contributed by atoms with Crippen molar-refractivity contribution in [2.45, 2.75) is 37.6 Å². The molecule has 1 aliphatic carbocycles. The van der Waals surface area contributed by atoms with E-state index in [2.05, 4.69) is 10.0 Å². The van der Waals surface area contributed by atoms with Crippen molar-refractivity contribution in [2.75, 3.05) is 5.32 Å². The molecule has 138 valence electrons. The highest BCUT2D eigenvalue weighted by Gasteiger charge is 2.30. The molecule has 0 aromatic heterocycles. The van der Waals surface area contributed by atoms with Gasteiger partial charge in [0, 0.05) is 11.7 Å². The van der Waals surface area contributed by atoms with Gasteiger partial charge in [-0.2, -0.15) is 0 Å². The van der Waals surface area contributed by atoms with Crippen LogP contribution in [0.15, 0.2) is 35.2 Å². The van der Waals surface area contributed by atoms with Crippen LogP contribution in [-0.2, 0) is 10.0 Å². The van der Waals surface area contributed by atoms with E-state index in [-0.39, 0.29) is 26.5 Å². The number of nitrogens with one attached hydrogen (secondary N) is 2. The average molecular weight is 413 g/mol. The Balaban J connectivity index is 1.95. The Morgan fingerprint density at radius 2 is 1.81 bits per heavy atom. The molecule has 0 spiro atoms. The van der Waals surface area contributed by atoms with Crippen LogP contribution in [0.4, 0.5) is 5.69 Å². The van der Waals surface area contributed by atoms with E-state index in [1.807, 2.05) is 26.0 Å². The fourth-order valence-electron chi connectivity index (χ4n) is 2.47. The summed E-state index contributed by atoms with van der Waals surface area (Å²) in [5.74, 6) is -0.497. The van der Waals surface area contributed by atoms with Gasteiger partial charge >= 0.3 is 0 Å². The molecule has 0 saturated heterocycles. The van der Waals surface area contributed by atoms with E-state index in [0.29, 0.717) is 5.69 Å². The van der Waals surface area contributed by atoms with Crippen molar-refractivity contribution in [2.24, 2.45) is 0 Å². The van der Waals surface area contributed by atoms with Gasteiger partial charge in [-0.1, -0.05) is 35.3 Å². The summed E-state index contributed by atoms with van der Waals surface area (Å²) >= 11 is 12.2. The topological polar surface area (TPSA) is 75.3 Å². The van der Waals surface area contributed by atoms with Gasteiger partial charge in [-0.25, -0.2) is 13.1 Å². The van der Waals surface area contributed by atoms with Crippen LogP contribution in [0.25, 0.3) is 0 Å². The molecule has 1 amide bonds. The SMILES string of the molecule is Cc1cccc(NC(=O)c2cc(S(=O)(=O)NC3CC3)c(Cl)cc2Cl)c1C. The van der Waals surface area contributed by atoms with E-state index in [9.17, 15) is 13.2 Å². The number of halogens is 2. The van der Waals surface area contributed by atoms with Crippen LogP contribution >= 0.6 is 23.2 Å². The minimum Gasteiger partial charge on any atom is -0.322 e. The molecule has 5 nitrogen and oxygen atoms in total. The lowest BCUT2D eigenvalue weighted by molar-refractivity contribution is 0.102. The Labute approximate surface area is 162 Å². The summed E-state index contributed by atoms with van der Waals surface area (Å²) in [6.07, 6.45) is 1.59. The molecule has 3 rings (SSSR count). The van der Waals surface area contributed by atoms with Crippen LogP contribution in [0.3, 0.4) is 0 Å². The standard InChI is InChI=1S/C18H18Cl2N2O3S/c1-10-4-3-5-16(11(10)2)21-18(23)13-8-17(15(20)9-14(13)19)26(24,25)22-12-6-7-12/h3-5,8-9,12,22H,6-7H2,1-2H3,(H,21,23). The van der Waals surface area contributed by atoms with Crippen molar-refractivity contribution in [3.8, 4) is 0 Å². The van der Waals surface area contributed by atoms with E-state index in [1.165, 1.54) is 12.1 Å². The predicted octanol–water partition coefficient (Wildman–Crippen LogP) is 4.30. The highest BCUT2D eigenvalue weighted by molar-refractivity contribution is 7.89. The Kier molecular flexibility index (Phi) is 5.30. The molecule has 0 heterocycles. The minimum atomic E-state index is -3.81. The summed E-state index contributed by atoms with van der Waals surface area (Å²) in [7, 11) is -3.81. The molecule has 1 aliphatic rings. The number of aryl methyl sites for hydroxylation is 1. The van der Waals surface area contributed by atoms with E-state index in [1.54, 1.807) is 6.07 Å². The van der Waals surface area contributed by atoms with E-state index in [0.717, 1.165) is 24.0 Å². The number of hydrogen-bond acceptors (Lipinski definition) is 3. The third kappa shape index (κ3) is 4.04. The molecule has 2 N–H and O–H groups in total. The van der Waals surface area contributed by atoms with Gasteiger partial charge in [0.15, 0.2) is 0 Å². The molecule has 0 atom stereocenters. The summed E-state index contributed by atoms with van der Waals surface area (Å²) in [6, 6.07) is 7.97. The molecule has 0 radical (unpaired) electrons. The molecule has 1 fully saturated rings. The first-order valence-corrected chi connectivity index (χ1v) is 10.3. The lowest BCUT2D eigenvalue weighted by atomic mass is 10.1. The van der Waals surface area contributed by atoms with Crippen LogP contribution in [0.1, 0.15) is 34.3 Å². The third-order valence-corrected chi connectivity index (χ3v) is 6.61. The number of sulfonamides is 1. The van der Waals surface area contributed by atoms with Gasteiger partial charge in [-0.05, 0) is 56.0 Å². The summed E-state index contributed by atoms with van der Waals surface area (Å²) in [5, 5.41) is 2.84. The predicted molar refractivity (Wildman–Crippen MR) is 104 cm³/mol. The van der Waals surface area contributed by atoms with E-state index in [4.69, 9.17) is 23.2 Å². The lowest BCUT2D eigenvalue weighted by Crippen LogP contribution is -2.26. The first-order chi connectivity index (χ1) is 12.2. The van der Waals surface area contributed by atoms with Crippen molar-refractivity contribution in [3.05, 3.63) is 57.1 Å². The smallest absolute Gasteiger partial charge is 0.257 e. The number of benzene rings is 2. The summed E-state index contributed by atoms with van der Waals surface area (Å²) in [5.41, 5.74) is 2.64. The van der Waals surface area contributed by atoms with Crippen molar-refractivity contribution >= 4 is 44.8 Å². The fourth-order valence-corrected chi connectivity index (χ4v) is 4.63. The molecule has 1 saturated carbocycles. The highest BCUT2D eigenvalue weighted by atomic mass is 35.5. The van der Waals surface area contributed by atoms with Crippen molar-refractivity contribution in [1.29, 1.82) is 0 Å². The minimum absolute atomic E-state index is 0.0218. The van der Waals surface area contributed by atoms with Gasteiger partial charge in [-0.15, -0.1) is 0 Å². The van der Waals surface area contributed by atoms with E-state index < -0.39 is 15.9 Å². The van der Waals surface area contributed by atoms with Crippen molar-refractivity contribution in [3.63, 3.8) is 0 Å². The monoisotopic (exact) mass is 412 g/mol. The average Bonchev–Trinajstić information content (AvgIpc) is 3.34. The van der Waals surface area contributed by atoms with Gasteiger partial charge in [-0.3, -0.25) is 4.79 Å². The molecule has 0 bridgehead atoms. The first-order valence-electron chi connectivity index (χ1n) is 8.08. The maximum Gasteiger partial charge on any atom is 0.257 e. The van der Waals surface area contributed by atoms with E-state index >= 15 is 0 Å². The largest absolute Gasteiger partial charge is 0.322 e. The van der Waals surface area contributed by atoms with Crippen LogP contribution in [0.5, 0.6) is 0 Å². The fraction of sp³-hybridized carbons (Fsp3) is 0.278. The normalized spacial score (nSPS) is 14.3. The Hall–Kier alpha value is -1.60. The van der Waals surface area contributed by atoms with Gasteiger partial charge in [0.2, 0.25) is 10.0 Å². The van der Waals surface area contributed by atoms with Crippen LogP contribution in [0.2, 0.25) is 10.0 Å². The van der Waals surface area contributed by atoms with Crippen LogP contribution < -0.4 is 10.0 Å². The zero-order valence-corrected chi connectivity index (χ0v) is 16.6. The Morgan fingerprint density at radius 1 is 1.12 bits per heavy atom. The van der Waals surface area contributed by atoms with Gasteiger partial charge in [0.25, 0.3) is 5.91 Å². The summed E-state index contributed by atoms with van der Waals surface area (Å²) < 4.78 is 27.5. The Morgan fingerprint density at radius 3 is 2.46 bits per heavy atom. The maximum absolute atomic E-state index is 12.7. The number of rotatable bonds is 5. The molecule has 2 aromatic rings. The molecule has 0 unspecified atom stereocenters. The number of hydrogen-bond donors (Lipinski definition) is 2. The van der Waals surface area contributed by atoms with Gasteiger partial charge < -0.3 is 5.32 Å². The Bertz CT molecular complexity index is 986. The second kappa shape index (κ2) is 7.19. The molecule has 0 aliphatic heterocycles. The van der Waals surface area contributed by atoms with Crippen molar-refractivity contribution < 1.29 is 13.2 Å². The third-order valence-electron chi connectivity index (χ3n) is 4.31. The second-order valence-corrected chi connectivity index (χ2v) is 8.86. The number of carbonyl (C=O) groups excluding carboxylic acids is 1. The first kappa shape index (κ1) is 19.2. The molecule has 2 aromatic carbocycles. The highest BCUT2D eigenvalue weighted by Crippen LogP contribution is 2.31. The number of carbonyl (C=O) groups is 1. The zero-order valence-electron chi connectivity index (χ0n) is 14.3.